The smallest absolute Gasteiger partial charge is 0.408 e. The van der Waals surface area contributed by atoms with E-state index in [1.165, 1.54) is 9.80 Å². The number of carbonyl (C=O) groups excluding carboxylic acids is 6. The first-order valence-corrected chi connectivity index (χ1v) is 24.7. The van der Waals surface area contributed by atoms with Crippen LogP contribution in [-0.2, 0) is 38.2 Å². The number of carboxylic acids is 2. The van der Waals surface area contributed by atoms with E-state index in [1.807, 2.05) is 102 Å². The Bertz CT molecular complexity index is 2130. The molecule has 18 heteroatoms. The second-order valence-electron chi connectivity index (χ2n) is 22.5. The molecule has 6 aliphatic rings. The number of rotatable bonds is 10. The van der Waals surface area contributed by atoms with Gasteiger partial charge in [-0.1, -0.05) is 77.9 Å². The average Bonchev–Trinajstić information content (AvgIpc) is 4.18. The molecule has 6 fully saturated rings. The van der Waals surface area contributed by atoms with Gasteiger partial charge in [0.15, 0.2) is 0 Å². The summed E-state index contributed by atoms with van der Waals surface area (Å²) < 4.78 is 11.0. The van der Waals surface area contributed by atoms with Crippen molar-refractivity contribution in [3.63, 3.8) is 0 Å². The second kappa shape index (κ2) is 20.6. The van der Waals surface area contributed by atoms with Crippen LogP contribution in [0.25, 0.3) is 0 Å². The molecule has 0 aromatic heterocycles. The highest BCUT2D eigenvalue weighted by atomic mass is 16.6. The van der Waals surface area contributed by atoms with Gasteiger partial charge in [0.1, 0.15) is 36.4 Å². The fourth-order valence-electron chi connectivity index (χ4n) is 11.2. The van der Waals surface area contributed by atoms with Crippen LogP contribution in [0.4, 0.5) is 21.0 Å². The Morgan fingerprint density at radius 1 is 0.557 bits per heavy atom. The number of ether oxygens (including phenoxy) is 2. The number of nitrogens with zero attached hydrogens (tertiary/aromatic N) is 4. The van der Waals surface area contributed by atoms with Crippen molar-refractivity contribution < 1.29 is 58.0 Å². The van der Waals surface area contributed by atoms with E-state index in [0.29, 0.717) is 13.1 Å². The molecule has 2 aromatic carbocycles. The van der Waals surface area contributed by atoms with Gasteiger partial charge in [0, 0.05) is 61.2 Å². The highest BCUT2D eigenvalue weighted by molar-refractivity contribution is 5.98. The number of hydrogen-bond acceptors (Lipinski definition) is 10. The van der Waals surface area contributed by atoms with Gasteiger partial charge in [-0.2, -0.15) is 0 Å². The van der Waals surface area contributed by atoms with Gasteiger partial charge in [-0.15, -0.1) is 0 Å². The normalized spacial score (nSPS) is 25.8. The van der Waals surface area contributed by atoms with Crippen LogP contribution < -0.4 is 20.4 Å². The number of anilines is 2. The van der Waals surface area contributed by atoms with E-state index in [2.05, 4.69) is 10.6 Å². The molecule has 4 aliphatic heterocycles. The van der Waals surface area contributed by atoms with Crippen molar-refractivity contribution in [1.82, 2.24) is 20.4 Å². The third kappa shape index (κ3) is 11.7. The minimum absolute atomic E-state index is 0.0831. The zero-order valence-corrected chi connectivity index (χ0v) is 41.3. The van der Waals surface area contributed by atoms with Gasteiger partial charge < -0.3 is 49.9 Å². The number of para-hydroxylation sites is 2. The number of alkyl carbamates (subject to hydrolysis) is 2. The van der Waals surface area contributed by atoms with Crippen molar-refractivity contribution in [3.8, 4) is 0 Å². The predicted octanol–water partition coefficient (Wildman–Crippen LogP) is 6.36. The molecular weight excluding hydrogens is 901 g/mol. The number of amides is 6. The zero-order valence-electron chi connectivity index (χ0n) is 41.3. The number of nitrogens with one attached hydrogen (secondary N) is 2. The second-order valence-corrected chi connectivity index (χ2v) is 22.5. The number of carbonyl (C=O) groups is 8. The van der Waals surface area contributed by atoms with E-state index in [0.717, 1.165) is 62.7 Å². The molecule has 70 heavy (non-hydrogen) atoms. The number of benzene rings is 2. The topological polar surface area (TPSA) is 232 Å². The molecule has 4 saturated heterocycles. The van der Waals surface area contributed by atoms with Crippen LogP contribution in [0.15, 0.2) is 60.7 Å². The maximum Gasteiger partial charge on any atom is 0.408 e. The summed E-state index contributed by atoms with van der Waals surface area (Å²) in [6.07, 6.45) is 6.38. The zero-order chi connectivity index (χ0) is 50.8. The van der Waals surface area contributed by atoms with Gasteiger partial charge >= 0.3 is 24.1 Å². The Balaban J connectivity index is 0.000000206. The monoisotopic (exact) mass is 971 g/mol. The van der Waals surface area contributed by atoms with Crippen LogP contribution in [0, 0.1) is 21.7 Å². The van der Waals surface area contributed by atoms with Crippen LogP contribution in [-0.4, -0.2) is 130 Å². The summed E-state index contributed by atoms with van der Waals surface area (Å²) in [5.74, 6) is -3.31. The summed E-state index contributed by atoms with van der Waals surface area (Å²) >= 11 is 0. The van der Waals surface area contributed by atoms with Crippen molar-refractivity contribution >= 4 is 59.1 Å². The molecule has 0 radical (unpaired) electrons. The molecule has 0 bridgehead atoms. The number of carboxylic acid groups (broad SMARTS) is 2. The Morgan fingerprint density at radius 3 is 1.19 bits per heavy atom. The van der Waals surface area contributed by atoms with Gasteiger partial charge in [-0.25, -0.2) is 19.2 Å². The quantitative estimate of drug-likeness (QED) is 0.204. The maximum atomic E-state index is 13.7. The molecule has 6 amide bonds. The minimum Gasteiger partial charge on any atom is -0.480 e. The Morgan fingerprint density at radius 2 is 0.886 bits per heavy atom. The van der Waals surface area contributed by atoms with Crippen LogP contribution in [0.3, 0.4) is 0 Å². The van der Waals surface area contributed by atoms with Crippen LogP contribution >= 0.6 is 0 Å². The maximum absolute atomic E-state index is 13.7. The van der Waals surface area contributed by atoms with E-state index >= 15 is 0 Å². The molecule has 6 atom stereocenters. The number of hydrogen-bond donors (Lipinski definition) is 4. The lowest BCUT2D eigenvalue weighted by molar-refractivity contribution is -0.150. The van der Waals surface area contributed by atoms with E-state index in [9.17, 15) is 48.6 Å². The van der Waals surface area contributed by atoms with Gasteiger partial charge in [0.25, 0.3) is 0 Å². The Hall–Kier alpha value is -6.20. The van der Waals surface area contributed by atoms with Crippen molar-refractivity contribution in [2.45, 2.75) is 155 Å². The number of aliphatic carboxylic acids is 2. The molecule has 380 valence electrons. The highest BCUT2D eigenvalue weighted by Crippen LogP contribution is 2.47. The summed E-state index contributed by atoms with van der Waals surface area (Å²) in [7, 11) is 0. The predicted molar refractivity (Wildman–Crippen MR) is 257 cm³/mol. The van der Waals surface area contributed by atoms with E-state index < -0.39 is 81.8 Å². The fraction of sp³-hybridized carbons (Fsp3) is 0.615. The standard InChI is InChI=1S/2C26H35N3O6/c2*1-25(2,3)21(27-24(34)35-18-11-7-8-12-18)22(31)29-16-26(13-19(29)23(32)33)14-20(30)28(15-26)17-9-5-4-6-10-17/h2*4-6,9-10,18-19,21H,7-8,11-16H2,1-3H3,(H,27,34)(H,32,33)/t19-,21+,26+;19-,21+,26-/m00/s1. The molecule has 2 aromatic rings. The summed E-state index contributed by atoms with van der Waals surface area (Å²) in [4.78, 5) is 109. The molecule has 18 nitrogen and oxygen atoms in total. The van der Waals surface area contributed by atoms with Crippen LogP contribution in [0.1, 0.15) is 119 Å². The Kier molecular flexibility index (Phi) is 15.2. The van der Waals surface area contributed by atoms with E-state index in [1.54, 1.807) is 9.80 Å². The molecule has 2 spiro atoms. The fourth-order valence-corrected chi connectivity index (χ4v) is 11.2. The van der Waals surface area contributed by atoms with Gasteiger partial charge in [-0.05, 0) is 99.3 Å². The van der Waals surface area contributed by atoms with Crippen molar-refractivity contribution in [1.29, 1.82) is 0 Å². The SMILES string of the molecule is CC(C)(C)[C@H](NC(=O)OC1CCCC1)C(=O)N1C[C@@]2(CC(=O)N(c3ccccc3)C2)C[C@H]1C(=O)O.CC(C)(C)[C@H](NC(=O)OC1CCCC1)C(=O)N1C[C@]2(CC(=O)N(c3ccccc3)C2)C[C@H]1C(=O)O. The summed E-state index contributed by atoms with van der Waals surface area (Å²) in [5, 5.41) is 25.4. The molecule has 4 N–H and O–H groups in total. The first-order valence-electron chi connectivity index (χ1n) is 24.7. The van der Waals surface area contributed by atoms with E-state index in [-0.39, 0.29) is 62.8 Å². The minimum atomic E-state index is -1.11. The summed E-state index contributed by atoms with van der Waals surface area (Å²) in [6.45, 7) is 11.9. The lowest BCUT2D eigenvalue weighted by Crippen LogP contribution is -2.57. The van der Waals surface area contributed by atoms with Crippen molar-refractivity contribution in [3.05, 3.63) is 60.7 Å². The molecule has 8 rings (SSSR count). The molecule has 2 saturated carbocycles. The largest absolute Gasteiger partial charge is 0.480 e. The first kappa shape index (κ1) is 51.6. The van der Waals surface area contributed by atoms with Crippen molar-refractivity contribution in [2.24, 2.45) is 21.7 Å². The van der Waals surface area contributed by atoms with Crippen molar-refractivity contribution in [2.75, 3.05) is 36.0 Å². The first-order chi connectivity index (χ1) is 33.0. The molecular formula is C52H70N6O12. The third-order valence-electron chi connectivity index (χ3n) is 14.8. The number of likely N-dealkylation sites (tertiary alicyclic amines) is 2. The highest BCUT2D eigenvalue weighted by Gasteiger charge is 2.58. The third-order valence-corrected chi connectivity index (χ3v) is 14.8. The summed E-state index contributed by atoms with van der Waals surface area (Å²) in [6, 6.07) is 14.5. The van der Waals surface area contributed by atoms with Gasteiger partial charge in [0.05, 0.1) is 0 Å². The lowest BCUT2D eigenvalue weighted by Gasteiger charge is -2.35. The van der Waals surface area contributed by atoms with Gasteiger partial charge in [-0.3, -0.25) is 19.2 Å². The van der Waals surface area contributed by atoms with Crippen LogP contribution in [0.5, 0.6) is 0 Å². The average molecular weight is 971 g/mol. The van der Waals surface area contributed by atoms with Gasteiger partial charge in [0.2, 0.25) is 23.6 Å². The molecule has 0 unspecified atom stereocenters. The van der Waals surface area contributed by atoms with Crippen LogP contribution in [0.2, 0.25) is 0 Å². The Labute approximate surface area is 409 Å². The molecule has 4 heterocycles. The van der Waals surface area contributed by atoms with E-state index in [4.69, 9.17) is 9.47 Å². The summed E-state index contributed by atoms with van der Waals surface area (Å²) in [5.41, 5.74) is -1.14. The molecule has 2 aliphatic carbocycles. The lowest BCUT2D eigenvalue weighted by atomic mass is 9.84.